The van der Waals surface area contributed by atoms with Crippen LogP contribution in [0.3, 0.4) is 0 Å². The molecule has 0 aliphatic rings. The minimum atomic E-state index is 0.0815. The third-order valence-corrected chi connectivity index (χ3v) is 2.53. The maximum Gasteiger partial charge on any atom is 0.222 e. The number of hydrogen-bond acceptors (Lipinski definition) is 1. The van der Waals surface area contributed by atoms with Crippen molar-refractivity contribution in [1.29, 1.82) is 0 Å². The van der Waals surface area contributed by atoms with Gasteiger partial charge in [0.15, 0.2) is 0 Å². The summed E-state index contributed by atoms with van der Waals surface area (Å²) in [6.07, 6.45) is 2.91. The average Bonchev–Trinajstić information content (AvgIpc) is 2.13. The van der Waals surface area contributed by atoms with Gasteiger partial charge in [-0.15, -0.1) is 11.6 Å². The smallest absolute Gasteiger partial charge is 0.222 e. The van der Waals surface area contributed by atoms with Crippen LogP contribution in [0.15, 0.2) is 0 Å². The maximum absolute atomic E-state index is 11.3. The number of amides is 1. The zero-order valence-electron chi connectivity index (χ0n) is 8.77. The first-order valence-corrected chi connectivity index (χ1v) is 5.47. The van der Waals surface area contributed by atoms with Crippen molar-refractivity contribution in [2.24, 2.45) is 5.92 Å². The third-order valence-electron chi connectivity index (χ3n) is 2.16. The molecule has 0 fully saturated rings. The van der Waals surface area contributed by atoms with Gasteiger partial charge in [-0.3, -0.25) is 4.79 Å². The lowest BCUT2D eigenvalue weighted by Crippen LogP contribution is -2.33. The van der Waals surface area contributed by atoms with Crippen LogP contribution in [0.4, 0.5) is 0 Å². The lowest BCUT2D eigenvalue weighted by atomic mass is 10.1. The van der Waals surface area contributed by atoms with Gasteiger partial charge in [0.25, 0.3) is 0 Å². The molecule has 0 radical (unpaired) electrons. The van der Waals surface area contributed by atoms with Crippen LogP contribution in [0, 0.1) is 5.92 Å². The van der Waals surface area contributed by atoms with Gasteiger partial charge in [-0.2, -0.15) is 0 Å². The molecule has 78 valence electrons. The first kappa shape index (κ1) is 12.8. The molecule has 0 aromatic carbocycles. The van der Waals surface area contributed by atoms with Crippen molar-refractivity contribution in [2.45, 2.75) is 45.4 Å². The SMILES string of the molecule is CCCC(Cl)CNC(=O)C(C)CC. The van der Waals surface area contributed by atoms with Crippen LogP contribution in [0.1, 0.15) is 40.0 Å². The number of halogens is 1. The van der Waals surface area contributed by atoms with Crippen LogP contribution in [-0.4, -0.2) is 17.8 Å². The van der Waals surface area contributed by atoms with E-state index in [1.54, 1.807) is 0 Å². The summed E-state index contributed by atoms with van der Waals surface area (Å²) in [7, 11) is 0. The number of alkyl halides is 1. The van der Waals surface area contributed by atoms with Gasteiger partial charge < -0.3 is 5.32 Å². The van der Waals surface area contributed by atoms with Crippen LogP contribution < -0.4 is 5.32 Å². The summed E-state index contributed by atoms with van der Waals surface area (Å²) >= 11 is 5.96. The molecule has 0 saturated heterocycles. The van der Waals surface area contributed by atoms with Gasteiger partial charge in [0.2, 0.25) is 5.91 Å². The molecule has 0 bridgehead atoms. The van der Waals surface area contributed by atoms with Crippen LogP contribution >= 0.6 is 11.6 Å². The highest BCUT2D eigenvalue weighted by Crippen LogP contribution is 2.04. The summed E-state index contributed by atoms with van der Waals surface area (Å²) in [4.78, 5) is 11.3. The second-order valence-electron chi connectivity index (χ2n) is 3.44. The predicted octanol–water partition coefficient (Wildman–Crippen LogP) is 2.56. The molecular weight excluding hydrogens is 186 g/mol. The summed E-state index contributed by atoms with van der Waals surface area (Å²) < 4.78 is 0. The molecule has 1 amide bonds. The van der Waals surface area contributed by atoms with Gasteiger partial charge in [0.1, 0.15) is 0 Å². The monoisotopic (exact) mass is 205 g/mol. The first-order chi connectivity index (χ1) is 6.11. The summed E-state index contributed by atoms with van der Waals surface area (Å²) in [5.74, 6) is 0.217. The molecule has 2 atom stereocenters. The fourth-order valence-corrected chi connectivity index (χ4v) is 1.28. The summed E-state index contributed by atoms with van der Waals surface area (Å²) in [6.45, 7) is 6.62. The second kappa shape index (κ2) is 7.19. The minimum Gasteiger partial charge on any atom is -0.354 e. The van der Waals surface area contributed by atoms with Crippen molar-refractivity contribution >= 4 is 17.5 Å². The Labute approximate surface area is 86.0 Å². The Morgan fingerprint density at radius 3 is 2.54 bits per heavy atom. The zero-order chi connectivity index (χ0) is 10.3. The van der Waals surface area contributed by atoms with Crippen molar-refractivity contribution in [3.05, 3.63) is 0 Å². The van der Waals surface area contributed by atoms with Crippen LogP contribution in [0.5, 0.6) is 0 Å². The van der Waals surface area contributed by atoms with E-state index in [2.05, 4.69) is 12.2 Å². The molecule has 2 unspecified atom stereocenters. The van der Waals surface area contributed by atoms with Crippen LogP contribution in [-0.2, 0) is 4.79 Å². The molecule has 0 aromatic rings. The third kappa shape index (κ3) is 5.92. The fraction of sp³-hybridized carbons (Fsp3) is 0.900. The van der Waals surface area contributed by atoms with Gasteiger partial charge in [-0.05, 0) is 12.8 Å². The Morgan fingerprint density at radius 2 is 2.08 bits per heavy atom. The molecule has 1 N–H and O–H groups in total. The van der Waals surface area contributed by atoms with E-state index in [1.165, 1.54) is 0 Å². The normalized spacial score (nSPS) is 15.1. The number of hydrogen-bond donors (Lipinski definition) is 1. The van der Waals surface area contributed by atoms with Crippen molar-refractivity contribution in [3.8, 4) is 0 Å². The quantitative estimate of drug-likeness (QED) is 0.664. The maximum atomic E-state index is 11.3. The van der Waals surface area contributed by atoms with Gasteiger partial charge in [0.05, 0.1) is 5.38 Å². The topological polar surface area (TPSA) is 29.1 Å². The molecule has 0 rings (SSSR count). The molecular formula is C10H20ClNO. The Hall–Kier alpha value is -0.240. The summed E-state index contributed by atoms with van der Waals surface area (Å²) in [5.41, 5.74) is 0. The van der Waals surface area contributed by atoms with Gasteiger partial charge in [-0.1, -0.05) is 27.2 Å². The summed E-state index contributed by atoms with van der Waals surface area (Å²) in [5, 5.41) is 2.93. The van der Waals surface area contributed by atoms with E-state index in [9.17, 15) is 4.79 Å². The molecule has 13 heavy (non-hydrogen) atoms. The highest BCUT2D eigenvalue weighted by atomic mass is 35.5. The Kier molecular flexibility index (Phi) is 7.06. The lowest BCUT2D eigenvalue weighted by molar-refractivity contribution is -0.124. The van der Waals surface area contributed by atoms with Gasteiger partial charge in [-0.25, -0.2) is 0 Å². The van der Waals surface area contributed by atoms with E-state index in [0.29, 0.717) is 6.54 Å². The number of carbonyl (C=O) groups excluding carboxylic acids is 1. The van der Waals surface area contributed by atoms with Crippen LogP contribution in [0.2, 0.25) is 0 Å². The molecule has 0 heterocycles. The second-order valence-corrected chi connectivity index (χ2v) is 4.06. The molecule has 0 saturated carbocycles. The Balaban J connectivity index is 3.57. The van der Waals surface area contributed by atoms with Crippen molar-refractivity contribution in [1.82, 2.24) is 5.32 Å². The van der Waals surface area contributed by atoms with E-state index in [0.717, 1.165) is 19.3 Å². The molecule has 0 aliphatic carbocycles. The van der Waals surface area contributed by atoms with E-state index in [1.807, 2.05) is 13.8 Å². The predicted molar refractivity (Wildman–Crippen MR) is 57.0 cm³/mol. The molecule has 2 nitrogen and oxygen atoms in total. The standard InChI is InChI=1S/C10H20ClNO/c1-4-6-9(11)7-12-10(13)8(3)5-2/h8-9H,4-7H2,1-3H3,(H,12,13). The lowest BCUT2D eigenvalue weighted by Gasteiger charge is -2.12. The first-order valence-electron chi connectivity index (χ1n) is 5.03. The Morgan fingerprint density at radius 1 is 1.46 bits per heavy atom. The zero-order valence-corrected chi connectivity index (χ0v) is 9.53. The Bertz CT molecular complexity index is 150. The number of carbonyl (C=O) groups is 1. The minimum absolute atomic E-state index is 0.0815. The van der Waals surface area contributed by atoms with E-state index in [-0.39, 0.29) is 17.2 Å². The number of nitrogens with one attached hydrogen (secondary N) is 1. The van der Waals surface area contributed by atoms with Crippen molar-refractivity contribution < 1.29 is 4.79 Å². The highest BCUT2D eigenvalue weighted by molar-refractivity contribution is 6.20. The summed E-state index contributed by atoms with van der Waals surface area (Å²) in [6, 6.07) is 0. The number of rotatable bonds is 6. The molecule has 0 aromatic heterocycles. The van der Waals surface area contributed by atoms with Crippen LogP contribution in [0.25, 0.3) is 0 Å². The highest BCUT2D eigenvalue weighted by Gasteiger charge is 2.11. The van der Waals surface area contributed by atoms with Crippen molar-refractivity contribution in [3.63, 3.8) is 0 Å². The molecule has 3 heteroatoms. The molecule has 0 spiro atoms. The van der Waals surface area contributed by atoms with E-state index < -0.39 is 0 Å². The van der Waals surface area contributed by atoms with Gasteiger partial charge >= 0.3 is 0 Å². The molecule has 0 aliphatic heterocycles. The van der Waals surface area contributed by atoms with Crippen molar-refractivity contribution in [2.75, 3.05) is 6.54 Å². The largest absolute Gasteiger partial charge is 0.354 e. The average molecular weight is 206 g/mol. The van der Waals surface area contributed by atoms with Gasteiger partial charge in [0, 0.05) is 12.5 Å². The van der Waals surface area contributed by atoms with E-state index in [4.69, 9.17) is 11.6 Å². The van der Waals surface area contributed by atoms with E-state index >= 15 is 0 Å². The fourth-order valence-electron chi connectivity index (χ4n) is 0.986.